The SMILES string of the molecule is CN1[C@@H]2CC[C@H]1CN(c1nc(OC[C@@]34CCCN3C[C@H](F)C4)nc3c(F)c(-c4cc(O)cc5cccc(Cl)c45)c(F)cc13)C2. The molecule has 11 heteroatoms. The fourth-order valence-electron chi connectivity index (χ4n) is 8.21. The van der Waals surface area contributed by atoms with Gasteiger partial charge in [0.05, 0.1) is 11.1 Å². The van der Waals surface area contributed by atoms with Crippen molar-refractivity contribution >= 4 is 39.1 Å². The summed E-state index contributed by atoms with van der Waals surface area (Å²) in [6.45, 7) is 2.72. The van der Waals surface area contributed by atoms with Crippen molar-refractivity contribution in [1.82, 2.24) is 19.8 Å². The van der Waals surface area contributed by atoms with Gasteiger partial charge in [-0.05, 0) is 68.9 Å². The van der Waals surface area contributed by atoms with Crippen LogP contribution in [0.2, 0.25) is 5.02 Å². The molecule has 1 N–H and O–H groups in total. The van der Waals surface area contributed by atoms with Crippen molar-refractivity contribution in [3.05, 3.63) is 53.1 Å². The summed E-state index contributed by atoms with van der Waals surface area (Å²) in [5, 5.41) is 12.0. The molecule has 0 amide bonds. The molecule has 4 saturated heterocycles. The lowest BCUT2D eigenvalue weighted by Crippen LogP contribution is -2.52. The Morgan fingerprint density at radius 2 is 1.89 bits per heavy atom. The normalized spacial score (nSPS) is 27.1. The third-order valence-corrected chi connectivity index (χ3v) is 10.7. The summed E-state index contributed by atoms with van der Waals surface area (Å²) < 4.78 is 53.6. The fourth-order valence-corrected chi connectivity index (χ4v) is 8.49. The number of phenols is 1. The number of likely N-dealkylation sites (N-methyl/N-ethyl adjacent to an activating group) is 1. The number of rotatable bonds is 5. The summed E-state index contributed by atoms with van der Waals surface area (Å²) in [4.78, 5) is 15.9. The molecular formula is C33H33ClF3N5O2. The maximum atomic E-state index is 16.8. The number of alkyl halides is 1. The topological polar surface area (TPSA) is 65.0 Å². The van der Waals surface area contributed by atoms with Crippen LogP contribution in [0, 0.1) is 11.6 Å². The van der Waals surface area contributed by atoms with E-state index >= 15 is 8.78 Å². The van der Waals surface area contributed by atoms with Gasteiger partial charge in [-0.1, -0.05) is 23.7 Å². The number of hydrogen-bond acceptors (Lipinski definition) is 7. The zero-order valence-electron chi connectivity index (χ0n) is 24.4. The molecule has 4 aromatic rings. The molecule has 3 aromatic carbocycles. The maximum Gasteiger partial charge on any atom is 0.319 e. The predicted octanol–water partition coefficient (Wildman–Crippen LogP) is 6.33. The van der Waals surface area contributed by atoms with Gasteiger partial charge < -0.3 is 14.7 Å². The van der Waals surface area contributed by atoms with E-state index < -0.39 is 23.3 Å². The van der Waals surface area contributed by atoms with E-state index in [1.54, 1.807) is 18.2 Å². The lowest BCUT2D eigenvalue weighted by atomic mass is 9.95. The minimum absolute atomic E-state index is 0.0161. The fraction of sp³-hybridized carbons (Fsp3) is 0.455. The van der Waals surface area contributed by atoms with Crippen LogP contribution in [0.1, 0.15) is 32.1 Å². The van der Waals surface area contributed by atoms with Crippen molar-refractivity contribution < 1.29 is 23.0 Å². The minimum atomic E-state index is -0.917. The van der Waals surface area contributed by atoms with Crippen LogP contribution >= 0.6 is 11.6 Å². The van der Waals surface area contributed by atoms with Gasteiger partial charge in [0, 0.05) is 59.5 Å². The highest BCUT2D eigenvalue weighted by atomic mass is 35.5. The molecule has 44 heavy (non-hydrogen) atoms. The Morgan fingerprint density at radius 1 is 1.09 bits per heavy atom. The number of hydrogen-bond donors (Lipinski definition) is 1. The van der Waals surface area contributed by atoms with E-state index in [1.807, 2.05) is 0 Å². The summed E-state index contributed by atoms with van der Waals surface area (Å²) >= 11 is 6.53. The van der Waals surface area contributed by atoms with Crippen molar-refractivity contribution in [1.29, 1.82) is 0 Å². The first-order valence-corrected chi connectivity index (χ1v) is 15.7. The predicted molar refractivity (Wildman–Crippen MR) is 164 cm³/mol. The van der Waals surface area contributed by atoms with Crippen molar-refractivity contribution in [2.75, 3.05) is 44.7 Å². The van der Waals surface area contributed by atoms with Gasteiger partial charge in [0.15, 0.2) is 5.82 Å². The Bertz CT molecular complexity index is 1800. The second-order valence-electron chi connectivity index (χ2n) is 12.9. The first kappa shape index (κ1) is 28.2. The Kier molecular flexibility index (Phi) is 6.63. The number of aromatic hydroxyl groups is 1. The summed E-state index contributed by atoms with van der Waals surface area (Å²) in [7, 11) is 2.12. The highest BCUT2D eigenvalue weighted by Gasteiger charge is 2.49. The molecule has 4 fully saturated rings. The number of ether oxygens (including phenoxy) is 1. The van der Waals surface area contributed by atoms with E-state index in [1.165, 1.54) is 18.2 Å². The van der Waals surface area contributed by atoms with Gasteiger partial charge in [0.2, 0.25) is 0 Å². The smallest absolute Gasteiger partial charge is 0.319 e. The molecule has 8 rings (SSSR count). The van der Waals surface area contributed by atoms with E-state index in [9.17, 15) is 9.50 Å². The molecule has 4 aliphatic heterocycles. The standard InChI is InChI=1S/C33H33ClF3N5O2/c1-40-20-6-7-21(40)16-41(15-20)31-24-12-26(36)28(23-11-22(43)10-18-4-2-5-25(34)27(18)23)29(37)30(24)38-32(39-31)44-17-33-8-3-9-42(33)14-19(35)13-33/h2,4-5,10-12,19-21,43H,3,6-9,13-17H2,1H3/t19-,20-,21+,33+/m1/s1. The first-order chi connectivity index (χ1) is 21.2. The molecule has 0 spiro atoms. The molecule has 7 nitrogen and oxygen atoms in total. The number of nitrogens with zero attached hydrogens (tertiary/aromatic N) is 5. The molecule has 5 heterocycles. The summed E-state index contributed by atoms with van der Waals surface area (Å²) in [5.41, 5.74) is -0.721. The van der Waals surface area contributed by atoms with E-state index in [4.69, 9.17) is 21.3 Å². The van der Waals surface area contributed by atoms with Gasteiger partial charge in [-0.3, -0.25) is 9.80 Å². The molecule has 230 valence electrons. The van der Waals surface area contributed by atoms with Crippen LogP contribution in [-0.2, 0) is 0 Å². The molecule has 4 aliphatic rings. The van der Waals surface area contributed by atoms with Crippen LogP contribution in [0.15, 0.2) is 36.4 Å². The maximum absolute atomic E-state index is 16.8. The van der Waals surface area contributed by atoms with Crippen LogP contribution in [0.5, 0.6) is 11.8 Å². The largest absolute Gasteiger partial charge is 0.508 e. The molecular weight excluding hydrogens is 591 g/mol. The average molecular weight is 624 g/mol. The lowest BCUT2D eigenvalue weighted by molar-refractivity contribution is 0.107. The average Bonchev–Trinajstić information content (AvgIpc) is 3.56. The van der Waals surface area contributed by atoms with E-state index in [2.05, 4.69) is 26.7 Å². The molecule has 2 bridgehead atoms. The number of phenolic OH excluding ortho intramolecular Hbond substituents is 1. The number of fused-ring (bicyclic) bond motifs is 5. The zero-order chi connectivity index (χ0) is 30.3. The highest BCUT2D eigenvalue weighted by molar-refractivity contribution is 6.36. The zero-order valence-corrected chi connectivity index (χ0v) is 25.1. The number of benzene rings is 3. The van der Waals surface area contributed by atoms with Crippen molar-refractivity contribution in [3.8, 4) is 22.9 Å². The van der Waals surface area contributed by atoms with Crippen molar-refractivity contribution in [3.63, 3.8) is 0 Å². The first-order valence-electron chi connectivity index (χ1n) is 15.3. The minimum Gasteiger partial charge on any atom is -0.508 e. The van der Waals surface area contributed by atoms with Crippen LogP contribution < -0.4 is 9.64 Å². The van der Waals surface area contributed by atoms with Crippen LogP contribution in [0.3, 0.4) is 0 Å². The van der Waals surface area contributed by atoms with E-state index in [-0.39, 0.29) is 40.4 Å². The monoisotopic (exact) mass is 623 g/mol. The Labute approximate surface area is 258 Å². The van der Waals surface area contributed by atoms with Gasteiger partial charge in [0.25, 0.3) is 0 Å². The van der Waals surface area contributed by atoms with E-state index in [0.717, 1.165) is 32.2 Å². The Balaban J connectivity index is 1.28. The van der Waals surface area contributed by atoms with Crippen LogP contribution in [0.25, 0.3) is 32.8 Å². The van der Waals surface area contributed by atoms with Gasteiger partial charge in [-0.2, -0.15) is 9.97 Å². The van der Waals surface area contributed by atoms with E-state index in [0.29, 0.717) is 59.8 Å². The summed E-state index contributed by atoms with van der Waals surface area (Å²) in [5.74, 6) is -1.41. The second-order valence-corrected chi connectivity index (χ2v) is 13.3. The Hall–Kier alpha value is -3.34. The quantitative estimate of drug-likeness (QED) is 0.279. The molecule has 0 radical (unpaired) electrons. The van der Waals surface area contributed by atoms with Crippen molar-refractivity contribution in [2.45, 2.75) is 55.9 Å². The van der Waals surface area contributed by atoms with Gasteiger partial charge in [0.1, 0.15) is 35.7 Å². The van der Waals surface area contributed by atoms with Gasteiger partial charge in [-0.25, -0.2) is 13.2 Å². The van der Waals surface area contributed by atoms with Crippen molar-refractivity contribution in [2.24, 2.45) is 0 Å². The third-order valence-electron chi connectivity index (χ3n) is 10.4. The molecule has 0 unspecified atom stereocenters. The molecule has 4 atom stereocenters. The number of halogens is 4. The Morgan fingerprint density at radius 3 is 2.68 bits per heavy atom. The molecule has 0 saturated carbocycles. The summed E-state index contributed by atoms with van der Waals surface area (Å²) in [6, 6.07) is 9.80. The van der Waals surface area contributed by atoms with Crippen LogP contribution in [-0.4, -0.2) is 88.5 Å². The number of piperazine rings is 1. The molecule has 0 aliphatic carbocycles. The number of anilines is 1. The summed E-state index contributed by atoms with van der Waals surface area (Å²) in [6.07, 6.45) is 3.33. The van der Waals surface area contributed by atoms with Gasteiger partial charge >= 0.3 is 6.01 Å². The van der Waals surface area contributed by atoms with Crippen LogP contribution in [0.4, 0.5) is 19.0 Å². The highest BCUT2D eigenvalue weighted by Crippen LogP contribution is 2.44. The second kappa shape index (κ2) is 10.4. The van der Waals surface area contributed by atoms with Gasteiger partial charge in [-0.15, -0.1) is 0 Å². The molecule has 1 aromatic heterocycles. The third kappa shape index (κ3) is 4.40. The lowest BCUT2D eigenvalue weighted by Gasteiger charge is -2.40. The number of aromatic nitrogens is 2.